The van der Waals surface area contributed by atoms with Crippen LogP contribution in [0.15, 0.2) is 36.5 Å². The molecule has 0 aliphatic carbocycles. The number of para-hydroxylation sites is 1. The average molecular weight is 301 g/mol. The zero-order chi connectivity index (χ0) is 14.8. The van der Waals surface area contributed by atoms with Gasteiger partial charge in [0, 0.05) is 5.75 Å². The fourth-order valence-corrected chi connectivity index (χ4v) is 3.26. The summed E-state index contributed by atoms with van der Waals surface area (Å²) >= 11 is 1.27. The number of benzene rings is 1. The molecular formula is C15H15N3O2S. The average Bonchev–Trinajstić information content (AvgIpc) is 3.06. The summed E-state index contributed by atoms with van der Waals surface area (Å²) in [5.41, 5.74) is 2.17. The van der Waals surface area contributed by atoms with Gasteiger partial charge < -0.3 is 5.32 Å². The van der Waals surface area contributed by atoms with E-state index in [1.807, 2.05) is 37.3 Å². The molecule has 1 atom stereocenters. The summed E-state index contributed by atoms with van der Waals surface area (Å²) in [7, 11) is 0. The molecule has 1 aliphatic heterocycles. The van der Waals surface area contributed by atoms with Crippen LogP contribution >= 0.6 is 11.8 Å². The van der Waals surface area contributed by atoms with Crippen molar-refractivity contribution in [2.75, 3.05) is 5.75 Å². The predicted molar refractivity (Wildman–Crippen MR) is 81.6 cm³/mol. The van der Waals surface area contributed by atoms with Crippen molar-refractivity contribution in [3.8, 4) is 5.69 Å². The van der Waals surface area contributed by atoms with Gasteiger partial charge in [0.2, 0.25) is 5.12 Å². The summed E-state index contributed by atoms with van der Waals surface area (Å²) in [5.74, 6) is 0.530. The molecule has 1 aliphatic rings. The zero-order valence-corrected chi connectivity index (χ0v) is 12.4. The number of hydrogen-bond donors (Lipinski definition) is 1. The van der Waals surface area contributed by atoms with Crippen molar-refractivity contribution < 1.29 is 9.59 Å². The Hall–Kier alpha value is -2.08. The maximum Gasteiger partial charge on any atom is 0.255 e. The van der Waals surface area contributed by atoms with E-state index in [9.17, 15) is 9.59 Å². The van der Waals surface area contributed by atoms with Gasteiger partial charge >= 0.3 is 0 Å². The Morgan fingerprint density at radius 1 is 1.38 bits per heavy atom. The molecule has 0 saturated carbocycles. The fourth-order valence-electron chi connectivity index (χ4n) is 2.32. The fraction of sp³-hybridized carbons (Fsp3) is 0.267. The lowest BCUT2D eigenvalue weighted by Gasteiger charge is -2.10. The number of hydrogen-bond acceptors (Lipinski definition) is 4. The van der Waals surface area contributed by atoms with E-state index in [0.717, 1.165) is 17.1 Å². The van der Waals surface area contributed by atoms with Gasteiger partial charge in [0.15, 0.2) is 0 Å². The second-order valence-electron chi connectivity index (χ2n) is 4.87. The molecule has 2 aromatic rings. The van der Waals surface area contributed by atoms with Gasteiger partial charge in [-0.05, 0) is 25.5 Å². The normalized spacial score (nSPS) is 18.0. The van der Waals surface area contributed by atoms with Gasteiger partial charge in [-0.1, -0.05) is 30.0 Å². The van der Waals surface area contributed by atoms with Crippen molar-refractivity contribution >= 4 is 22.8 Å². The van der Waals surface area contributed by atoms with Crippen molar-refractivity contribution in [1.82, 2.24) is 15.1 Å². The van der Waals surface area contributed by atoms with Crippen LogP contribution in [0, 0.1) is 6.92 Å². The molecule has 1 saturated heterocycles. The summed E-state index contributed by atoms with van der Waals surface area (Å²) in [4.78, 5) is 23.9. The standard InChI is InChI=1S/C15H15N3O2S/c1-10-12(14(19)17-13-7-8-21-15(13)20)9-16-18(10)11-5-3-2-4-6-11/h2-6,9,13H,7-8H2,1H3,(H,17,19). The van der Waals surface area contributed by atoms with Crippen LogP contribution in [0.25, 0.3) is 5.69 Å². The number of thioether (sulfide) groups is 1. The van der Waals surface area contributed by atoms with Gasteiger partial charge in [0.25, 0.3) is 5.91 Å². The molecule has 1 aromatic heterocycles. The molecule has 0 radical (unpaired) electrons. The molecular weight excluding hydrogens is 286 g/mol. The number of amides is 1. The molecule has 6 heteroatoms. The number of nitrogens with zero attached hydrogens (tertiary/aromatic N) is 2. The topological polar surface area (TPSA) is 64.0 Å². The first-order chi connectivity index (χ1) is 10.2. The molecule has 5 nitrogen and oxygen atoms in total. The first kappa shape index (κ1) is 13.9. The van der Waals surface area contributed by atoms with Gasteiger partial charge in [-0.15, -0.1) is 0 Å². The quantitative estimate of drug-likeness (QED) is 0.941. The van der Waals surface area contributed by atoms with Crippen LogP contribution in [0.5, 0.6) is 0 Å². The maximum atomic E-state index is 12.3. The third-order valence-corrected chi connectivity index (χ3v) is 4.50. The number of nitrogens with one attached hydrogen (secondary N) is 1. The van der Waals surface area contributed by atoms with Crippen LogP contribution < -0.4 is 5.32 Å². The molecule has 1 amide bonds. The second kappa shape index (κ2) is 5.73. The van der Waals surface area contributed by atoms with Crippen LogP contribution in [0.1, 0.15) is 22.5 Å². The zero-order valence-electron chi connectivity index (χ0n) is 11.6. The highest BCUT2D eigenvalue weighted by atomic mass is 32.2. The van der Waals surface area contributed by atoms with Crippen molar-refractivity contribution in [2.24, 2.45) is 0 Å². The number of carbonyl (C=O) groups is 2. The minimum absolute atomic E-state index is 0.0384. The third kappa shape index (κ3) is 2.71. The lowest BCUT2D eigenvalue weighted by Crippen LogP contribution is -2.37. The largest absolute Gasteiger partial charge is 0.341 e. The van der Waals surface area contributed by atoms with Crippen molar-refractivity contribution in [3.63, 3.8) is 0 Å². The molecule has 1 fully saturated rings. The monoisotopic (exact) mass is 301 g/mol. The summed E-state index contributed by atoms with van der Waals surface area (Å²) < 4.78 is 1.72. The highest BCUT2D eigenvalue weighted by molar-refractivity contribution is 8.14. The number of rotatable bonds is 3. The summed E-state index contributed by atoms with van der Waals surface area (Å²) in [5, 5.41) is 7.09. The molecule has 0 spiro atoms. The van der Waals surface area contributed by atoms with Crippen LogP contribution in [-0.2, 0) is 4.79 Å². The van der Waals surface area contributed by atoms with Crippen LogP contribution in [0.3, 0.4) is 0 Å². The van der Waals surface area contributed by atoms with E-state index in [1.165, 1.54) is 11.8 Å². The Bertz CT molecular complexity index is 681. The summed E-state index contributed by atoms with van der Waals surface area (Å²) in [6.45, 7) is 1.85. The van der Waals surface area contributed by atoms with E-state index in [0.29, 0.717) is 12.0 Å². The van der Waals surface area contributed by atoms with Gasteiger partial charge in [-0.2, -0.15) is 5.10 Å². The van der Waals surface area contributed by atoms with Crippen LogP contribution in [-0.4, -0.2) is 32.6 Å². The van der Waals surface area contributed by atoms with Crippen molar-refractivity contribution in [2.45, 2.75) is 19.4 Å². The highest BCUT2D eigenvalue weighted by Gasteiger charge is 2.28. The van der Waals surface area contributed by atoms with Crippen molar-refractivity contribution in [1.29, 1.82) is 0 Å². The molecule has 2 heterocycles. The molecule has 1 unspecified atom stereocenters. The van der Waals surface area contributed by atoms with E-state index >= 15 is 0 Å². The second-order valence-corrected chi connectivity index (χ2v) is 5.97. The number of aromatic nitrogens is 2. The van der Waals surface area contributed by atoms with Gasteiger partial charge in [0.05, 0.1) is 29.2 Å². The molecule has 1 aromatic carbocycles. The van der Waals surface area contributed by atoms with Gasteiger partial charge in [0.1, 0.15) is 0 Å². The summed E-state index contributed by atoms with van der Waals surface area (Å²) in [6, 6.07) is 9.26. The molecule has 1 N–H and O–H groups in total. The van der Waals surface area contributed by atoms with Gasteiger partial charge in [-0.3, -0.25) is 9.59 Å². The molecule has 3 rings (SSSR count). The Labute approximate surface area is 126 Å². The maximum absolute atomic E-state index is 12.3. The van der Waals surface area contributed by atoms with Crippen LogP contribution in [0.2, 0.25) is 0 Å². The van der Waals surface area contributed by atoms with Crippen LogP contribution in [0.4, 0.5) is 0 Å². The van der Waals surface area contributed by atoms with Gasteiger partial charge in [-0.25, -0.2) is 4.68 Å². The minimum Gasteiger partial charge on any atom is -0.341 e. The Morgan fingerprint density at radius 2 is 2.14 bits per heavy atom. The number of carbonyl (C=O) groups excluding carboxylic acids is 2. The molecule has 21 heavy (non-hydrogen) atoms. The van der Waals surface area contributed by atoms with E-state index in [1.54, 1.807) is 10.9 Å². The Kier molecular flexibility index (Phi) is 3.79. The minimum atomic E-state index is -0.373. The van der Waals surface area contributed by atoms with E-state index < -0.39 is 0 Å². The molecule has 108 valence electrons. The van der Waals surface area contributed by atoms with E-state index in [4.69, 9.17) is 0 Å². The van der Waals surface area contributed by atoms with Crippen molar-refractivity contribution in [3.05, 3.63) is 47.8 Å². The SMILES string of the molecule is Cc1c(C(=O)NC2CCSC2=O)cnn1-c1ccccc1. The first-order valence-electron chi connectivity index (χ1n) is 6.74. The lowest BCUT2D eigenvalue weighted by atomic mass is 10.2. The molecule has 0 bridgehead atoms. The van der Waals surface area contributed by atoms with E-state index in [-0.39, 0.29) is 17.1 Å². The summed E-state index contributed by atoms with van der Waals surface area (Å²) in [6.07, 6.45) is 2.24. The van der Waals surface area contributed by atoms with E-state index in [2.05, 4.69) is 10.4 Å². The Morgan fingerprint density at radius 3 is 2.81 bits per heavy atom. The first-order valence-corrected chi connectivity index (χ1v) is 7.73. The Balaban J connectivity index is 1.82. The lowest BCUT2D eigenvalue weighted by molar-refractivity contribution is -0.112. The highest BCUT2D eigenvalue weighted by Crippen LogP contribution is 2.20. The predicted octanol–water partition coefficient (Wildman–Crippen LogP) is 1.94. The third-order valence-electron chi connectivity index (χ3n) is 3.50. The smallest absolute Gasteiger partial charge is 0.255 e.